The Labute approximate surface area is 158 Å². The second-order valence-corrected chi connectivity index (χ2v) is 6.73. The quantitative estimate of drug-likeness (QED) is 0.632. The number of benzene rings is 1. The number of imidazole rings is 1. The van der Waals surface area contributed by atoms with Crippen LogP contribution in [-0.4, -0.2) is 41.5 Å². The van der Waals surface area contributed by atoms with Crippen molar-refractivity contribution in [3.63, 3.8) is 0 Å². The van der Waals surface area contributed by atoms with E-state index >= 15 is 0 Å². The minimum Gasteiger partial charge on any atom is -0.383 e. The zero-order chi connectivity index (χ0) is 18.9. The lowest BCUT2D eigenvalue weighted by molar-refractivity contribution is -0.116. The molecule has 0 aliphatic carbocycles. The SMILES string of the molecule is COCCn1c(SCC(=O)N(CCC#N)c2ccccc2)nc(C)c1C. The molecule has 1 heterocycles. The number of aromatic nitrogens is 2. The lowest BCUT2D eigenvalue weighted by Crippen LogP contribution is -2.33. The molecule has 1 aromatic heterocycles. The number of thioether (sulfide) groups is 1. The number of hydrogen-bond donors (Lipinski definition) is 0. The summed E-state index contributed by atoms with van der Waals surface area (Å²) in [6.45, 7) is 5.67. The van der Waals surface area contributed by atoms with E-state index in [-0.39, 0.29) is 11.7 Å². The molecule has 0 unspecified atom stereocenters. The van der Waals surface area contributed by atoms with Gasteiger partial charge < -0.3 is 14.2 Å². The first-order chi connectivity index (χ1) is 12.6. The van der Waals surface area contributed by atoms with Crippen molar-refractivity contribution in [2.75, 3.05) is 30.9 Å². The van der Waals surface area contributed by atoms with E-state index < -0.39 is 0 Å². The summed E-state index contributed by atoms with van der Waals surface area (Å²) in [5.74, 6) is 0.233. The first-order valence-electron chi connectivity index (χ1n) is 8.46. The molecule has 138 valence electrons. The number of amides is 1. The van der Waals surface area contributed by atoms with Crippen molar-refractivity contribution in [2.45, 2.75) is 32.0 Å². The predicted octanol–water partition coefficient (Wildman–Crippen LogP) is 3.19. The summed E-state index contributed by atoms with van der Waals surface area (Å²) in [7, 11) is 1.67. The maximum Gasteiger partial charge on any atom is 0.237 e. The number of para-hydroxylation sites is 1. The van der Waals surface area contributed by atoms with Gasteiger partial charge in [0.1, 0.15) is 0 Å². The van der Waals surface area contributed by atoms with Crippen molar-refractivity contribution in [2.24, 2.45) is 0 Å². The van der Waals surface area contributed by atoms with Gasteiger partial charge in [0, 0.05) is 31.6 Å². The Balaban J connectivity index is 2.10. The van der Waals surface area contributed by atoms with Gasteiger partial charge in [0.2, 0.25) is 5.91 Å². The van der Waals surface area contributed by atoms with Crippen LogP contribution in [0.5, 0.6) is 0 Å². The molecule has 0 saturated carbocycles. The molecule has 2 aromatic rings. The van der Waals surface area contributed by atoms with E-state index in [1.807, 2.05) is 44.2 Å². The second kappa shape index (κ2) is 10.00. The standard InChI is InChI=1S/C19H24N4O2S/c1-15-16(2)22(12-13-25-3)19(21-15)26-14-18(24)23(11-7-10-20)17-8-5-4-6-9-17/h4-6,8-9H,7,11-14H2,1-3H3. The fourth-order valence-corrected chi connectivity index (χ4v) is 3.55. The molecule has 6 nitrogen and oxygen atoms in total. The first kappa shape index (κ1) is 20.0. The van der Waals surface area contributed by atoms with Crippen molar-refractivity contribution in [1.82, 2.24) is 9.55 Å². The number of carbonyl (C=O) groups is 1. The molecule has 26 heavy (non-hydrogen) atoms. The van der Waals surface area contributed by atoms with Gasteiger partial charge in [0.15, 0.2) is 5.16 Å². The van der Waals surface area contributed by atoms with Crippen LogP contribution in [0, 0.1) is 25.2 Å². The Bertz CT molecular complexity index is 768. The van der Waals surface area contributed by atoms with Gasteiger partial charge in [0.05, 0.1) is 30.5 Å². The number of methoxy groups -OCH3 is 1. The van der Waals surface area contributed by atoms with Crippen molar-refractivity contribution < 1.29 is 9.53 Å². The fraction of sp³-hybridized carbons (Fsp3) is 0.421. The van der Waals surface area contributed by atoms with Gasteiger partial charge in [-0.2, -0.15) is 5.26 Å². The van der Waals surface area contributed by atoms with E-state index in [1.54, 1.807) is 12.0 Å². The lowest BCUT2D eigenvalue weighted by atomic mass is 10.2. The molecular formula is C19H24N4O2S. The van der Waals surface area contributed by atoms with E-state index in [0.717, 1.165) is 22.2 Å². The minimum absolute atomic E-state index is 0.0342. The number of carbonyl (C=O) groups excluding carboxylic acids is 1. The van der Waals surface area contributed by atoms with E-state index in [4.69, 9.17) is 10.00 Å². The summed E-state index contributed by atoms with van der Waals surface area (Å²) >= 11 is 1.42. The van der Waals surface area contributed by atoms with Gasteiger partial charge >= 0.3 is 0 Å². The highest BCUT2D eigenvalue weighted by Crippen LogP contribution is 2.23. The van der Waals surface area contributed by atoms with E-state index in [0.29, 0.717) is 26.1 Å². The normalized spacial score (nSPS) is 10.5. The number of aryl methyl sites for hydroxylation is 1. The number of hydrogen-bond acceptors (Lipinski definition) is 5. The highest BCUT2D eigenvalue weighted by atomic mass is 32.2. The third kappa shape index (κ3) is 5.10. The lowest BCUT2D eigenvalue weighted by Gasteiger charge is -2.21. The van der Waals surface area contributed by atoms with Gasteiger partial charge in [-0.25, -0.2) is 4.98 Å². The third-order valence-electron chi connectivity index (χ3n) is 4.08. The van der Waals surface area contributed by atoms with Gasteiger partial charge in [-0.1, -0.05) is 30.0 Å². The summed E-state index contributed by atoms with van der Waals surface area (Å²) in [6, 6.07) is 11.6. The molecule has 0 bridgehead atoms. The molecule has 0 atom stereocenters. The van der Waals surface area contributed by atoms with Crippen LogP contribution in [0.25, 0.3) is 0 Å². The smallest absolute Gasteiger partial charge is 0.237 e. The Morgan fingerprint density at radius 3 is 2.73 bits per heavy atom. The summed E-state index contributed by atoms with van der Waals surface area (Å²) in [4.78, 5) is 19.0. The molecule has 0 N–H and O–H groups in total. The van der Waals surface area contributed by atoms with Crippen molar-refractivity contribution >= 4 is 23.4 Å². The molecule has 0 radical (unpaired) electrons. The number of nitriles is 1. The third-order valence-corrected chi connectivity index (χ3v) is 5.04. The topological polar surface area (TPSA) is 71.2 Å². The number of rotatable bonds is 9. The van der Waals surface area contributed by atoms with E-state index in [1.165, 1.54) is 11.8 Å². The van der Waals surface area contributed by atoms with Gasteiger partial charge in [-0.3, -0.25) is 4.79 Å². The Morgan fingerprint density at radius 2 is 2.08 bits per heavy atom. The summed E-state index contributed by atoms with van der Waals surface area (Å²) < 4.78 is 7.25. The van der Waals surface area contributed by atoms with Gasteiger partial charge in [-0.05, 0) is 26.0 Å². The number of ether oxygens (including phenoxy) is 1. The van der Waals surface area contributed by atoms with Crippen LogP contribution in [0.4, 0.5) is 5.69 Å². The molecule has 1 amide bonds. The van der Waals surface area contributed by atoms with Gasteiger partial charge in [0.25, 0.3) is 0 Å². The van der Waals surface area contributed by atoms with Gasteiger partial charge in [-0.15, -0.1) is 0 Å². The Hall–Kier alpha value is -2.30. The van der Waals surface area contributed by atoms with Crippen LogP contribution in [0.3, 0.4) is 0 Å². The van der Waals surface area contributed by atoms with Crippen molar-refractivity contribution in [3.8, 4) is 6.07 Å². The second-order valence-electron chi connectivity index (χ2n) is 5.79. The van der Waals surface area contributed by atoms with Crippen LogP contribution in [-0.2, 0) is 16.1 Å². The maximum atomic E-state index is 12.8. The molecule has 1 aromatic carbocycles. The number of anilines is 1. The zero-order valence-electron chi connectivity index (χ0n) is 15.4. The Kier molecular flexibility index (Phi) is 7.70. The van der Waals surface area contributed by atoms with Crippen LogP contribution in [0.1, 0.15) is 17.8 Å². The van der Waals surface area contributed by atoms with Crippen LogP contribution >= 0.6 is 11.8 Å². The highest BCUT2D eigenvalue weighted by Gasteiger charge is 2.18. The predicted molar refractivity (Wildman–Crippen MR) is 103 cm³/mol. The highest BCUT2D eigenvalue weighted by molar-refractivity contribution is 7.99. The summed E-state index contributed by atoms with van der Waals surface area (Å²) in [6.07, 6.45) is 0.298. The minimum atomic E-state index is -0.0342. The summed E-state index contributed by atoms with van der Waals surface area (Å²) in [5.41, 5.74) is 2.85. The molecule has 0 fully saturated rings. The van der Waals surface area contributed by atoms with E-state index in [9.17, 15) is 4.79 Å². The number of nitrogens with zero attached hydrogens (tertiary/aromatic N) is 4. The molecule has 7 heteroatoms. The molecular weight excluding hydrogens is 348 g/mol. The van der Waals surface area contributed by atoms with E-state index in [2.05, 4.69) is 15.6 Å². The monoisotopic (exact) mass is 372 g/mol. The van der Waals surface area contributed by atoms with Crippen molar-refractivity contribution in [1.29, 1.82) is 5.26 Å². The molecule has 0 spiro atoms. The molecule has 0 saturated heterocycles. The fourth-order valence-electron chi connectivity index (χ4n) is 2.55. The first-order valence-corrected chi connectivity index (χ1v) is 9.44. The maximum absolute atomic E-state index is 12.8. The summed E-state index contributed by atoms with van der Waals surface area (Å²) in [5, 5.41) is 9.70. The largest absolute Gasteiger partial charge is 0.383 e. The van der Waals surface area contributed by atoms with Crippen LogP contribution in [0.15, 0.2) is 35.5 Å². The average Bonchev–Trinajstić information content (AvgIpc) is 2.93. The van der Waals surface area contributed by atoms with Crippen molar-refractivity contribution in [3.05, 3.63) is 41.7 Å². The molecule has 2 rings (SSSR count). The van der Waals surface area contributed by atoms with Crippen LogP contribution in [0.2, 0.25) is 0 Å². The zero-order valence-corrected chi connectivity index (χ0v) is 16.3. The molecule has 0 aliphatic rings. The molecule has 0 aliphatic heterocycles. The van der Waals surface area contributed by atoms with Crippen LogP contribution < -0.4 is 4.90 Å². The Morgan fingerprint density at radius 1 is 1.35 bits per heavy atom. The average molecular weight is 372 g/mol.